The molecule has 0 atom stereocenters. The summed E-state index contributed by atoms with van der Waals surface area (Å²) in [4.78, 5) is 5.14. The van der Waals surface area contributed by atoms with E-state index in [1.807, 2.05) is 18.2 Å². The van der Waals surface area contributed by atoms with E-state index in [4.69, 9.17) is 9.47 Å². The highest BCUT2D eigenvalue weighted by Crippen LogP contribution is 2.27. The highest BCUT2D eigenvalue weighted by atomic mass is 19.1. The Labute approximate surface area is 174 Å². The summed E-state index contributed by atoms with van der Waals surface area (Å²) in [7, 11) is 3.35. The average Bonchev–Trinajstić information content (AvgIpc) is 2.98. The number of methoxy groups -OCH3 is 2. The molecule has 1 aliphatic heterocycles. The number of hydrogen-bond donors (Lipinski definition) is 0. The van der Waals surface area contributed by atoms with Gasteiger partial charge in [0.05, 0.1) is 14.2 Å². The average molecular weight is 401 g/mol. The largest absolute Gasteiger partial charge is 0.493 e. The minimum atomic E-state index is -0.158. The summed E-state index contributed by atoms with van der Waals surface area (Å²) in [5.41, 5.74) is 2.50. The molecule has 0 spiro atoms. The van der Waals surface area contributed by atoms with Crippen LogP contribution in [0.3, 0.4) is 0 Å². The molecule has 0 aliphatic carbocycles. The summed E-state index contributed by atoms with van der Waals surface area (Å²) in [6, 6.07) is 13.1. The van der Waals surface area contributed by atoms with Gasteiger partial charge in [-0.15, -0.1) is 0 Å². The quantitative estimate of drug-likeness (QED) is 0.635. The first-order valence-corrected chi connectivity index (χ1v) is 10.6. The Morgan fingerprint density at radius 2 is 1.41 bits per heavy atom. The maximum Gasteiger partial charge on any atom is 0.160 e. The van der Waals surface area contributed by atoms with Crippen molar-refractivity contribution in [2.45, 2.75) is 25.7 Å². The smallest absolute Gasteiger partial charge is 0.160 e. The molecule has 0 N–H and O–H groups in total. The molecule has 3 rings (SSSR count). The number of halogens is 1. The van der Waals surface area contributed by atoms with Crippen molar-refractivity contribution < 1.29 is 13.9 Å². The Balaban J connectivity index is 1.40. The van der Waals surface area contributed by atoms with Gasteiger partial charge in [0.2, 0.25) is 0 Å². The summed E-state index contributed by atoms with van der Waals surface area (Å²) in [6.45, 7) is 6.73. The fraction of sp³-hybridized carbons (Fsp3) is 0.500. The molecule has 1 saturated heterocycles. The molecule has 1 aliphatic rings. The SMILES string of the molecule is COc1ccc(CCN2CCCN(CCCc3ccc(F)cc3)CC2)cc1OC. The molecule has 4 nitrogen and oxygen atoms in total. The van der Waals surface area contributed by atoms with Crippen LogP contribution in [-0.2, 0) is 12.8 Å². The van der Waals surface area contributed by atoms with Crippen molar-refractivity contribution in [3.8, 4) is 11.5 Å². The number of nitrogens with zero attached hydrogens (tertiary/aromatic N) is 2. The van der Waals surface area contributed by atoms with Gasteiger partial charge in [0, 0.05) is 19.6 Å². The predicted molar refractivity (Wildman–Crippen MR) is 115 cm³/mol. The standard InChI is InChI=1S/C24H33FN2O2/c1-28-23-11-8-21(19-24(23)29-2)12-16-27-15-4-14-26(17-18-27)13-3-5-20-6-9-22(25)10-7-20/h6-11,19H,3-5,12-18H2,1-2H3. The summed E-state index contributed by atoms with van der Waals surface area (Å²) in [5.74, 6) is 1.42. The lowest BCUT2D eigenvalue weighted by Gasteiger charge is -2.22. The van der Waals surface area contributed by atoms with E-state index in [9.17, 15) is 4.39 Å². The van der Waals surface area contributed by atoms with Crippen LogP contribution < -0.4 is 9.47 Å². The van der Waals surface area contributed by atoms with Crippen LogP contribution in [0.5, 0.6) is 11.5 Å². The zero-order valence-corrected chi connectivity index (χ0v) is 17.7. The van der Waals surface area contributed by atoms with Gasteiger partial charge in [-0.3, -0.25) is 0 Å². The second-order valence-corrected chi connectivity index (χ2v) is 7.71. The van der Waals surface area contributed by atoms with Crippen LogP contribution in [0.25, 0.3) is 0 Å². The Morgan fingerprint density at radius 1 is 0.759 bits per heavy atom. The molecule has 2 aromatic rings. The molecule has 0 bridgehead atoms. The van der Waals surface area contributed by atoms with E-state index in [0.29, 0.717) is 0 Å². The maximum atomic E-state index is 13.0. The molecule has 0 radical (unpaired) electrons. The first kappa shape index (κ1) is 21.6. The molecular formula is C24H33FN2O2. The third-order valence-electron chi connectivity index (χ3n) is 5.70. The Hall–Kier alpha value is -2.11. The van der Waals surface area contributed by atoms with Crippen molar-refractivity contribution in [3.63, 3.8) is 0 Å². The first-order valence-electron chi connectivity index (χ1n) is 10.6. The molecular weight excluding hydrogens is 367 g/mol. The van der Waals surface area contributed by atoms with E-state index in [1.165, 1.54) is 17.5 Å². The fourth-order valence-electron chi connectivity index (χ4n) is 3.95. The fourth-order valence-corrected chi connectivity index (χ4v) is 3.95. The van der Waals surface area contributed by atoms with E-state index < -0.39 is 0 Å². The summed E-state index contributed by atoms with van der Waals surface area (Å²) in [6.07, 6.45) is 4.37. The topological polar surface area (TPSA) is 24.9 Å². The molecule has 2 aromatic carbocycles. The number of ether oxygens (including phenoxy) is 2. The van der Waals surface area contributed by atoms with E-state index in [0.717, 1.165) is 70.0 Å². The Bertz CT molecular complexity index is 751. The van der Waals surface area contributed by atoms with Crippen molar-refractivity contribution in [1.29, 1.82) is 0 Å². The van der Waals surface area contributed by atoms with E-state index in [-0.39, 0.29) is 5.82 Å². The van der Waals surface area contributed by atoms with Crippen LogP contribution in [0.2, 0.25) is 0 Å². The van der Waals surface area contributed by atoms with Gasteiger partial charge in [-0.05, 0) is 80.7 Å². The highest BCUT2D eigenvalue weighted by molar-refractivity contribution is 5.42. The van der Waals surface area contributed by atoms with Gasteiger partial charge >= 0.3 is 0 Å². The van der Waals surface area contributed by atoms with Crippen LogP contribution in [0.1, 0.15) is 24.0 Å². The molecule has 1 heterocycles. The third-order valence-corrected chi connectivity index (χ3v) is 5.70. The van der Waals surface area contributed by atoms with E-state index >= 15 is 0 Å². The summed E-state index contributed by atoms with van der Waals surface area (Å²) in [5, 5.41) is 0. The molecule has 29 heavy (non-hydrogen) atoms. The normalized spacial score (nSPS) is 15.8. The summed E-state index contributed by atoms with van der Waals surface area (Å²) >= 11 is 0. The van der Waals surface area contributed by atoms with Gasteiger partial charge < -0.3 is 19.3 Å². The molecule has 5 heteroatoms. The predicted octanol–water partition coefficient (Wildman–Crippen LogP) is 4.03. The van der Waals surface area contributed by atoms with Crippen LogP contribution in [-0.4, -0.2) is 63.3 Å². The number of rotatable bonds is 9. The van der Waals surface area contributed by atoms with Crippen LogP contribution >= 0.6 is 0 Å². The molecule has 0 unspecified atom stereocenters. The van der Waals surface area contributed by atoms with Crippen molar-refractivity contribution >= 4 is 0 Å². The second kappa shape index (κ2) is 11.2. The van der Waals surface area contributed by atoms with Crippen molar-refractivity contribution in [2.24, 2.45) is 0 Å². The zero-order chi connectivity index (χ0) is 20.5. The minimum absolute atomic E-state index is 0.158. The number of aryl methyl sites for hydroxylation is 1. The highest BCUT2D eigenvalue weighted by Gasteiger charge is 2.15. The number of hydrogen-bond acceptors (Lipinski definition) is 4. The molecule has 0 amide bonds. The van der Waals surface area contributed by atoms with Crippen molar-refractivity contribution in [2.75, 3.05) is 53.5 Å². The Morgan fingerprint density at radius 3 is 2.10 bits per heavy atom. The molecule has 158 valence electrons. The maximum absolute atomic E-state index is 13.0. The second-order valence-electron chi connectivity index (χ2n) is 7.71. The lowest BCUT2D eigenvalue weighted by atomic mass is 10.1. The Kier molecular flexibility index (Phi) is 8.32. The first-order chi connectivity index (χ1) is 14.2. The van der Waals surface area contributed by atoms with Gasteiger partial charge in [-0.25, -0.2) is 4.39 Å². The monoisotopic (exact) mass is 400 g/mol. The molecule has 0 aromatic heterocycles. The van der Waals surface area contributed by atoms with E-state index in [1.54, 1.807) is 26.4 Å². The lowest BCUT2D eigenvalue weighted by Crippen LogP contribution is -2.32. The van der Waals surface area contributed by atoms with Crippen molar-refractivity contribution in [3.05, 3.63) is 59.4 Å². The van der Waals surface area contributed by atoms with E-state index in [2.05, 4.69) is 21.9 Å². The van der Waals surface area contributed by atoms with Crippen LogP contribution in [0.4, 0.5) is 4.39 Å². The van der Waals surface area contributed by atoms with Gasteiger partial charge in [0.25, 0.3) is 0 Å². The van der Waals surface area contributed by atoms with Gasteiger partial charge in [0.15, 0.2) is 11.5 Å². The van der Waals surface area contributed by atoms with Crippen LogP contribution in [0, 0.1) is 5.82 Å². The minimum Gasteiger partial charge on any atom is -0.493 e. The van der Waals surface area contributed by atoms with Gasteiger partial charge in [0.1, 0.15) is 5.82 Å². The number of benzene rings is 2. The summed E-state index contributed by atoms with van der Waals surface area (Å²) < 4.78 is 23.7. The molecule has 0 saturated carbocycles. The zero-order valence-electron chi connectivity index (χ0n) is 17.7. The lowest BCUT2D eigenvalue weighted by molar-refractivity contribution is 0.256. The van der Waals surface area contributed by atoms with Gasteiger partial charge in [-0.1, -0.05) is 18.2 Å². The third kappa shape index (κ3) is 6.72. The van der Waals surface area contributed by atoms with Crippen LogP contribution in [0.15, 0.2) is 42.5 Å². The van der Waals surface area contributed by atoms with Crippen molar-refractivity contribution in [1.82, 2.24) is 9.80 Å². The molecule has 1 fully saturated rings. The van der Waals surface area contributed by atoms with Gasteiger partial charge in [-0.2, -0.15) is 0 Å².